The highest BCUT2D eigenvalue weighted by atomic mass is 35.5. The van der Waals surface area contributed by atoms with Crippen molar-refractivity contribution in [1.82, 2.24) is 0 Å². The van der Waals surface area contributed by atoms with Gasteiger partial charge in [-0.1, -0.05) is 49.7 Å². The summed E-state index contributed by atoms with van der Waals surface area (Å²) in [6, 6.07) is 5.94. The van der Waals surface area contributed by atoms with E-state index in [9.17, 15) is 26.4 Å². The lowest BCUT2D eigenvalue weighted by molar-refractivity contribution is -0.113. The number of benzene rings is 1. The minimum absolute atomic E-state index is 0.131. The van der Waals surface area contributed by atoms with Crippen LogP contribution < -0.4 is 10.5 Å². The number of carbonyl (C=O) groups excluding carboxylic acids is 1. The second kappa shape index (κ2) is 15.2. The van der Waals surface area contributed by atoms with Crippen molar-refractivity contribution in [2.45, 2.75) is 110 Å². The van der Waals surface area contributed by atoms with Gasteiger partial charge in [0.05, 0.1) is 27.5 Å². The summed E-state index contributed by atoms with van der Waals surface area (Å²) in [5, 5.41) is -0.880. The largest absolute Gasteiger partial charge is 0.490 e. The molecule has 2 rings (SSSR count). The molecule has 1 aliphatic rings. The molecule has 1 aromatic carbocycles. The Morgan fingerprint density at radius 2 is 1.71 bits per heavy atom. The lowest BCUT2D eigenvalue weighted by Crippen LogP contribution is -2.50. The van der Waals surface area contributed by atoms with Crippen LogP contribution in [-0.4, -0.2) is 42.3 Å². The average Bonchev–Trinajstić information content (AvgIpc) is 2.87. The molecule has 0 aliphatic carbocycles. The van der Waals surface area contributed by atoms with Gasteiger partial charge in [0, 0.05) is 17.6 Å². The molecule has 11 heteroatoms. The molecule has 0 amide bonds. The zero-order valence-electron chi connectivity index (χ0n) is 26.5. The fraction of sp³-hybridized carbons (Fsp3) is 0.548. The zero-order chi connectivity index (χ0) is 33.4. The maximum Gasteiger partial charge on any atom is 0.416 e. The Balaban J connectivity index is 0.000000850. The number of rotatable bonds is 3. The van der Waals surface area contributed by atoms with E-state index in [2.05, 4.69) is 11.6 Å². The molecular formula is C31H46ClF3N2O4S. The second-order valence-corrected chi connectivity index (χ2v) is 14.2. The maximum atomic E-state index is 13.1. The summed E-state index contributed by atoms with van der Waals surface area (Å²) < 4.78 is 67.8. The molecule has 1 heterocycles. The van der Waals surface area contributed by atoms with Crippen molar-refractivity contribution in [2.75, 3.05) is 0 Å². The smallest absolute Gasteiger partial charge is 0.416 e. The van der Waals surface area contributed by atoms with E-state index >= 15 is 0 Å². The lowest BCUT2D eigenvalue weighted by atomic mass is 9.92. The number of aliphatic imine (C=N–C) groups is 1. The van der Waals surface area contributed by atoms with Crippen LogP contribution in [0.5, 0.6) is 5.75 Å². The third kappa shape index (κ3) is 10.0. The molecule has 6 nitrogen and oxygen atoms in total. The first-order valence-electron chi connectivity index (χ1n) is 13.7. The fourth-order valence-corrected chi connectivity index (χ4v) is 6.07. The quantitative estimate of drug-likeness (QED) is 0.267. The summed E-state index contributed by atoms with van der Waals surface area (Å²) >= 11 is 5.51. The van der Waals surface area contributed by atoms with E-state index in [1.54, 1.807) is 20.8 Å². The van der Waals surface area contributed by atoms with Crippen molar-refractivity contribution in [3.63, 3.8) is 0 Å². The monoisotopic (exact) mass is 634 g/mol. The standard InChI is InChI=1S/C19H30N2O3S.C10H10ClF3O.C2H6/c1-12-8-9-16-15(10-12)18(4,5)21-17(20)19(6,7)25(22,23)14(3)11-13(2)24-16;1-4-8(10(12,13)14)5-9(11)6(2)7(3)15;1-2/h8-10,13-14H,11H2,1-7H3,(H2,20,21);4-5H,2H2,1,3H3;1-2H3/b;8-4+,9-5+;/t13-,14?;;/m0../s1. The highest BCUT2D eigenvalue weighted by Crippen LogP contribution is 2.37. The van der Waals surface area contributed by atoms with Gasteiger partial charge in [-0.05, 0) is 80.5 Å². The van der Waals surface area contributed by atoms with Gasteiger partial charge in [0.1, 0.15) is 16.3 Å². The number of hydrogen-bond acceptors (Lipinski definition) is 6. The first-order valence-corrected chi connectivity index (χ1v) is 15.6. The molecule has 238 valence electrons. The van der Waals surface area contributed by atoms with Crippen LogP contribution in [0.2, 0.25) is 0 Å². The van der Waals surface area contributed by atoms with Crippen molar-refractivity contribution < 1.29 is 31.1 Å². The SMILES string of the molecule is C=C(C(C)=O)/C(Cl)=C\C(=C/C)C(F)(F)F.CC.Cc1ccc2c(c1)C(C)(C)N=C(N)C(C)(C)S(=O)(=O)C(C)C[C@H](C)O2. The van der Waals surface area contributed by atoms with Crippen LogP contribution in [0.4, 0.5) is 13.2 Å². The minimum Gasteiger partial charge on any atom is -0.490 e. The number of carbonyl (C=O) groups is 1. The number of halogens is 4. The van der Waals surface area contributed by atoms with Crippen LogP contribution >= 0.6 is 11.6 Å². The van der Waals surface area contributed by atoms with E-state index in [4.69, 9.17) is 22.1 Å². The zero-order valence-corrected chi connectivity index (χ0v) is 28.1. The molecule has 0 saturated carbocycles. The van der Waals surface area contributed by atoms with Crippen molar-refractivity contribution in [1.29, 1.82) is 0 Å². The van der Waals surface area contributed by atoms with E-state index < -0.39 is 42.9 Å². The summed E-state index contributed by atoms with van der Waals surface area (Å²) in [6.07, 6.45) is -2.77. The summed E-state index contributed by atoms with van der Waals surface area (Å²) in [4.78, 5) is 15.4. The molecule has 42 heavy (non-hydrogen) atoms. The van der Waals surface area contributed by atoms with E-state index in [-0.39, 0.29) is 22.5 Å². The molecule has 1 aliphatic heterocycles. The van der Waals surface area contributed by atoms with E-state index in [0.29, 0.717) is 12.5 Å². The molecule has 1 unspecified atom stereocenters. The number of amidine groups is 1. The molecule has 0 aromatic heterocycles. The third-order valence-electron chi connectivity index (χ3n) is 6.68. The van der Waals surface area contributed by atoms with Gasteiger partial charge in [0.15, 0.2) is 15.6 Å². The van der Waals surface area contributed by atoms with Crippen LogP contribution in [0.25, 0.3) is 0 Å². The number of Topliss-reactive ketones (excluding diaryl/α,β-unsaturated/α-hetero) is 1. The predicted molar refractivity (Wildman–Crippen MR) is 168 cm³/mol. The number of allylic oxidation sites excluding steroid dienone is 5. The molecule has 0 bridgehead atoms. The second-order valence-electron chi connectivity index (χ2n) is 10.9. The number of sulfone groups is 1. The summed E-state index contributed by atoms with van der Waals surface area (Å²) in [7, 11) is -3.52. The van der Waals surface area contributed by atoms with Crippen LogP contribution in [0, 0.1) is 6.92 Å². The van der Waals surface area contributed by atoms with Crippen LogP contribution in [0.3, 0.4) is 0 Å². The summed E-state index contributed by atoms with van der Waals surface area (Å²) in [5.74, 6) is 0.393. The maximum absolute atomic E-state index is 13.1. The Bertz CT molecular complexity index is 1330. The van der Waals surface area contributed by atoms with Crippen molar-refractivity contribution in [3.8, 4) is 5.75 Å². The number of fused-ring (bicyclic) bond motifs is 1. The molecule has 1 aromatic rings. The Kier molecular flexibility index (Phi) is 14.3. The van der Waals surface area contributed by atoms with Crippen molar-refractivity contribution in [2.24, 2.45) is 10.7 Å². The third-order valence-corrected chi connectivity index (χ3v) is 9.90. The normalized spacial score (nSPS) is 21.8. The minimum atomic E-state index is -4.48. The Morgan fingerprint density at radius 3 is 2.17 bits per heavy atom. The van der Waals surface area contributed by atoms with E-state index in [1.165, 1.54) is 13.8 Å². The highest BCUT2D eigenvalue weighted by molar-refractivity contribution is 7.94. The lowest BCUT2D eigenvalue weighted by Gasteiger charge is -2.30. The number of ether oxygens (including phenoxy) is 1. The van der Waals surface area contributed by atoms with Crippen molar-refractivity contribution >= 4 is 33.1 Å². The Morgan fingerprint density at radius 1 is 1.19 bits per heavy atom. The molecule has 2 atom stereocenters. The highest BCUT2D eigenvalue weighted by Gasteiger charge is 2.44. The van der Waals surface area contributed by atoms with Gasteiger partial charge < -0.3 is 10.5 Å². The molecule has 0 fully saturated rings. The summed E-state index contributed by atoms with van der Waals surface area (Å²) in [6.45, 7) is 22.4. The number of nitrogens with two attached hydrogens (primary N) is 1. The Labute approximate surface area is 254 Å². The van der Waals surface area contributed by atoms with Crippen molar-refractivity contribution in [3.05, 3.63) is 64.2 Å². The van der Waals surface area contributed by atoms with Crippen LogP contribution in [-0.2, 0) is 20.2 Å². The number of nitrogens with zero attached hydrogens (tertiary/aromatic N) is 1. The predicted octanol–water partition coefficient (Wildman–Crippen LogP) is 8.13. The van der Waals surface area contributed by atoms with Gasteiger partial charge in [0.25, 0.3) is 0 Å². The molecular weight excluding hydrogens is 589 g/mol. The molecule has 0 spiro atoms. The molecule has 0 saturated heterocycles. The summed E-state index contributed by atoms with van der Waals surface area (Å²) in [5.41, 5.74) is 6.48. The van der Waals surface area contributed by atoms with Gasteiger partial charge in [-0.2, -0.15) is 13.2 Å². The number of aryl methyl sites for hydroxylation is 1. The first kappa shape index (κ1) is 39.4. The van der Waals surface area contributed by atoms with E-state index in [0.717, 1.165) is 23.0 Å². The number of alkyl halides is 3. The Hall–Kier alpha value is -2.59. The first-order chi connectivity index (χ1) is 19.0. The molecule has 0 radical (unpaired) electrons. The van der Waals surface area contributed by atoms with E-state index in [1.807, 2.05) is 59.7 Å². The molecule has 2 N–H and O–H groups in total. The number of hydrogen-bond donors (Lipinski definition) is 1. The van der Waals surface area contributed by atoms with Gasteiger partial charge in [-0.15, -0.1) is 0 Å². The van der Waals surface area contributed by atoms with Gasteiger partial charge in [-0.3, -0.25) is 9.79 Å². The topological polar surface area (TPSA) is 98.8 Å². The van der Waals surface area contributed by atoms with Gasteiger partial charge in [-0.25, -0.2) is 8.42 Å². The van der Waals surface area contributed by atoms with Crippen LogP contribution in [0.15, 0.2) is 58.1 Å². The number of ketones is 1. The average molecular weight is 635 g/mol. The van der Waals surface area contributed by atoms with Crippen LogP contribution in [0.1, 0.15) is 86.8 Å². The fourth-order valence-electron chi connectivity index (χ4n) is 3.95. The van der Waals surface area contributed by atoms with Gasteiger partial charge >= 0.3 is 6.18 Å². The van der Waals surface area contributed by atoms with Gasteiger partial charge in [0.2, 0.25) is 0 Å².